The fraction of sp³-hybridized carbons (Fsp3) is 0.156. The average molecular weight is 665 g/mol. The highest BCUT2D eigenvalue weighted by Gasteiger charge is 2.40. The number of benzene rings is 4. The Morgan fingerprint density at radius 1 is 0.588 bits per heavy atom. The molecule has 0 amide bonds. The van der Waals surface area contributed by atoms with Crippen molar-refractivity contribution in [2.75, 3.05) is 0 Å². The molecular formula is C45H36N4O2. The molecule has 0 unspecified atom stereocenters. The van der Waals surface area contributed by atoms with E-state index in [2.05, 4.69) is 77.3 Å². The summed E-state index contributed by atoms with van der Waals surface area (Å²) in [6.45, 7) is 4.63. The number of hydrogen-bond acceptors (Lipinski definition) is 6. The first-order valence-corrected chi connectivity index (χ1v) is 17.7. The lowest BCUT2D eigenvalue weighted by atomic mass is 9.73. The van der Waals surface area contributed by atoms with Crippen molar-refractivity contribution in [2.24, 2.45) is 0 Å². The monoisotopic (exact) mass is 664 g/mol. The molecule has 4 aromatic carbocycles. The molecule has 8 aromatic rings. The quantitative estimate of drug-likeness (QED) is 0.153. The van der Waals surface area contributed by atoms with Crippen molar-refractivity contribution in [1.82, 2.24) is 19.9 Å². The normalized spacial score (nSPS) is 13.3. The summed E-state index contributed by atoms with van der Waals surface area (Å²) in [7, 11) is 0. The van der Waals surface area contributed by atoms with Gasteiger partial charge in [-0.25, -0.2) is 19.9 Å². The topological polar surface area (TPSA) is 77.8 Å². The van der Waals surface area contributed by atoms with E-state index in [0.717, 1.165) is 64.6 Å². The van der Waals surface area contributed by atoms with Crippen LogP contribution >= 0.6 is 0 Å². The van der Waals surface area contributed by atoms with E-state index in [1.807, 2.05) is 85.2 Å². The summed E-state index contributed by atoms with van der Waals surface area (Å²) in [5.74, 6) is 4.26. The van der Waals surface area contributed by atoms with Gasteiger partial charge in [-0.1, -0.05) is 92.7 Å². The maximum Gasteiger partial charge on any atom is 0.196 e. The maximum absolute atomic E-state index is 6.23. The molecule has 6 heteroatoms. The van der Waals surface area contributed by atoms with Crippen LogP contribution in [0.25, 0.3) is 68.3 Å². The van der Waals surface area contributed by atoms with Crippen molar-refractivity contribution in [3.8, 4) is 34.3 Å². The minimum absolute atomic E-state index is 0.0406. The highest BCUT2D eigenvalue weighted by molar-refractivity contribution is 5.84. The third-order valence-electron chi connectivity index (χ3n) is 10.5. The molecule has 9 rings (SSSR count). The number of nitrogens with zero attached hydrogens (tertiary/aromatic N) is 4. The van der Waals surface area contributed by atoms with E-state index >= 15 is 0 Å². The Hall–Kier alpha value is -6.14. The van der Waals surface area contributed by atoms with Gasteiger partial charge in [0.15, 0.2) is 23.2 Å². The van der Waals surface area contributed by atoms with Gasteiger partial charge in [-0.3, -0.25) is 0 Å². The summed E-state index contributed by atoms with van der Waals surface area (Å²) in [6.07, 6.45) is 11.6. The van der Waals surface area contributed by atoms with Crippen LogP contribution in [0.3, 0.4) is 0 Å². The number of aromatic nitrogens is 4. The Morgan fingerprint density at radius 3 is 1.92 bits per heavy atom. The predicted octanol–water partition coefficient (Wildman–Crippen LogP) is 11.1. The second-order valence-corrected chi connectivity index (χ2v) is 13.3. The molecule has 0 saturated carbocycles. The first-order chi connectivity index (χ1) is 25.1. The first kappa shape index (κ1) is 30.9. The SMILES string of the molecule is CCC1(CC)c2cc(/C=C/c3ccc(-c4ncc5ccccc5n4)o3)ccc2-c2ccc(CCc3ccc(-c4ncc5ccccc5n4)o3)cc21. The van der Waals surface area contributed by atoms with Crippen molar-refractivity contribution < 1.29 is 8.83 Å². The van der Waals surface area contributed by atoms with Crippen LogP contribution in [0.2, 0.25) is 0 Å². The molecule has 51 heavy (non-hydrogen) atoms. The smallest absolute Gasteiger partial charge is 0.196 e. The molecule has 0 aliphatic heterocycles. The molecule has 1 aliphatic carbocycles. The highest BCUT2D eigenvalue weighted by atomic mass is 16.3. The Kier molecular flexibility index (Phi) is 7.65. The van der Waals surface area contributed by atoms with Gasteiger partial charge in [0, 0.05) is 35.0 Å². The van der Waals surface area contributed by atoms with Gasteiger partial charge < -0.3 is 8.83 Å². The lowest BCUT2D eigenvalue weighted by molar-refractivity contribution is 0.489. The van der Waals surface area contributed by atoms with E-state index in [1.54, 1.807) is 0 Å². The van der Waals surface area contributed by atoms with Crippen LogP contribution in [0, 0.1) is 0 Å². The molecule has 0 radical (unpaired) electrons. The van der Waals surface area contributed by atoms with Gasteiger partial charge in [-0.2, -0.15) is 0 Å². The number of hydrogen-bond donors (Lipinski definition) is 0. The summed E-state index contributed by atoms with van der Waals surface area (Å²) in [4.78, 5) is 18.4. The van der Waals surface area contributed by atoms with E-state index in [4.69, 9.17) is 13.8 Å². The number of fused-ring (bicyclic) bond motifs is 5. The van der Waals surface area contributed by atoms with Crippen LogP contribution in [0.5, 0.6) is 0 Å². The van der Waals surface area contributed by atoms with Crippen LogP contribution in [0.4, 0.5) is 0 Å². The zero-order chi connectivity index (χ0) is 34.4. The van der Waals surface area contributed by atoms with Gasteiger partial charge in [0.05, 0.1) is 11.0 Å². The second-order valence-electron chi connectivity index (χ2n) is 13.3. The van der Waals surface area contributed by atoms with E-state index in [-0.39, 0.29) is 5.41 Å². The van der Waals surface area contributed by atoms with Gasteiger partial charge >= 0.3 is 0 Å². The van der Waals surface area contributed by atoms with Crippen LogP contribution in [0.15, 0.2) is 130 Å². The lowest BCUT2D eigenvalue weighted by Crippen LogP contribution is -2.23. The zero-order valence-electron chi connectivity index (χ0n) is 28.6. The third kappa shape index (κ3) is 5.53. The Labute approximate surface area is 296 Å². The maximum atomic E-state index is 6.23. The highest BCUT2D eigenvalue weighted by Crippen LogP contribution is 2.53. The standard InChI is InChI=1S/C45H36N4O2/c1-3-45(4-2)37-25-29(13-17-33-19-23-41(50-33)43-46-27-31-9-5-7-11-39(31)48-43)15-21-35(37)36-22-16-30(26-38(36)45)14-18-34-20-24-42(51-34)44-47-28-32-10-6-8-12-40(32)49-44/h5-13,15-17,19-28H,3-4,14,18H2,1-2H3/b17-13+. The van der Waals surface area contributed by atoms with E-state index in [1.165, 1.54) is 27.8 Å². The second kappa shape index (κ2) is 12.6. The fourth-order valence-corrected chi connectivity index (χ4v) is 7.65. The molecule has 4 heterocycles. The Balaban J connectivity index is 0.934. The van der Waals surface area contributed by atoms with Crippen molar-refractivity contribution in [3.05, 3.63) is 155 Å². The van der Waals surface area contributed by atoms with E-state index in [0.29, 0.717) is 23.2 Å². The number of aryl methyl sites for hydroxylation is 2. The van der Waals surface area contributed by atoms with Crippen LogP contribution < -0.4 is 0 Å². The van der Waals surface area contributed by atoms with Crippen molar-refractivity contribution in [3.63, 3.8) is 0 Å². The van der Waals surface area contributed by atoms with Crippen LogP contribution in [0.1, 0.15) is 60.5 Å². The Morgan fingerprint density at radius 2 is 1.22 bits per heavy atom. The molecule has 0 spiro atoms. The van der Waals surface area contributed by atoms with Crippen LogP contribution in [-0.2, 0) is 18.3 Å². The third-order valence-corrected chi connectivity index (χ3v) is 10.5. The molecule has 0 fully saturated rings. The minimum Gasteiger partial charge on any atom is -0.458 e. The molecule has 0 bridgehead atoms. The molecule has 1 aliphatic rings. The summed E-state index contributed by atoms with van der Waals surface area (Å²) < 4.78 is 12.4. The molecule has 4 aromatic heterocycles. The van der Waals surface area contributed by atoms with Gasteiger partial charge in [-0.05, 0) is 95.1 Å². The summed E-state index contributed by atoms with van der Waals surface area (Å²) in [5, 5.41) is 2.03. The lowest BCUT2D eigenvalue weighted by Gasteiger charge is -2.30. The van der Waals surface area contributed by atoms with E-state index in [9.17, 15) is 0 Å². The van der Waals surface area contributed by atoms with Gasteiger partial charge in [0.25, 0.3) is 0 Å². The van der Waals surface area contributed by atoms with Gasteiger partial charge in [-0.15, -0.1) is 0 Å². The van der Waals surface area contributed by atoms with Crippen molar-refractivity contribution in [1.29, 1.82) is 0 Å². The fourth-order valence-electron chi connectivity index (χ4n) is 7.65. The van der Waals surface area contributed by atoms with Crippen molar-refractivity contribution in [2.45, 2.75) is 44.9 Å². The zero-order valence-corrected chi connectivity index (χ0v) is 28.6. The molecule has 6 nitrogen and oxygen atoms in total. The summed E-state index contributed by atoms with van der Waals surface area (Å²) in [5.41, 5.74) is 9.74. The predicted molar refractivity (Wildman–Crippen MR) is 204 cm³/mol. The van der Waals surface area contributed by atoms with Gasteiger partial charge in [0.2, 0.25) is 0 Å². The molecule has 0 saturated heterocycles. The Bertz CT molecular complexity index is 2590. The van der Waals surface area contributed by atoms with E-state index < -0.39 is 0 Å². The number of furan rings is 2. The summed E-state index contributed by atoms with van der Waals surface area (Å²) >= 11 is 0. The largest absolute Gasteiger partial charge is 0.458 e. The number of para-hydroxylation sites is 2. The summed E-state index contributed by atoms with van der Waals surface area (Å²) in [6, 6.07) is 37.8. The van der Waals surface area contributed by atoms with Crippen molar-refractivity contribution >= 4 is 34.0 Å². The molecular weight excluding hydrogens is 629 g/mol. The number of rotatable bonds is 9. The van der Waals surface area contributed by atoms with Gasteiger partial charge in [0.1, 0.15) is 11.5 Å². The first-order valence-electron chi connectivity index (χ1n) is 17.7. The average Bonchev–Trinajstić information content (AvgIpc) is 3.93. The molecule has 0 atom stereocenters. The molecule has 248 valence electrons. The minimum atomic E-state index is -0.0406. The molecule has 0 N–H and O–H groups in total. The van der Waals surface area contributed by atoms with Crippen LogP contribution in [-0.4, -0.2) is 19.9 Å².